The van der Waals surface area contributed by atoms with Crippen molar-refractivity contribution in [2.45, 2.75) is 39.5 Å². The number of fused-ring (bicyclic) bond motifs is 5. The topological polar surface area (TPSA) is 11.4 Å². The minimum absolute atomic E-state index is 1.07. The first-order chi connectivity index (χ1) is 39.1. The van der Waals surface area contributed by atoms with E-state index in [1.54, 1.807) is 0 Å². The molecule has 0 atom stereocenters. The first-order valence-electron chi connectivity index (χ1n) is 27.9. The van der Waals surface area contributed by atoms with Crippen molar-refractivity contribution in [2.75, 3.05) is 9.80 Å². The molecule has 0 aliphatic heterocycles. The fourth-order valence-corrected chi connectivity index (χ4v) is 11.7. The van der Waals surface area contributed by atoms with Crippen molar-refractivity contribution in [1.82, 2.24) is 4.57 Å². The van der Waals surface area contributed by atoms with E-state index in [-0.39, 0.29) is 0 Å². The second-order valence-corrected chi connectivity index (χ2v) is 20.7. The molecule has 12 aromatic carbocycles. The number of nitrogens with zero attached hydrogens (tertiary/aromatic N) is 3. The lowest BCUT2D eigenvalue weighted by Crippen LogP contribution is -2.11. The molecule has 0 aliphatic carbocycles. The van der Waals surface area contributed by atoms with E-state index in [0.29, 0.717) is 0 Å². The molecule has 0 saturated heterocycles. The van der Waals surface area contributed by atoms with Crippen LogP contribution in [0.3, 0.4) is 0 Å². The average molecular weight is 1020 g/mol. The lowest BCUT2D eigenvalue weighted by molar-refractivity contribution is 0.922. The summed E-state index contributed by atoms with van der Waals surface area (Å²) >= 11 is 0. The summed E-state index contributed by atoms with van der Waals surface area (Å²) in [6.45, 7) is 4.48. The van der Waals surface area contributed by atoms with Gasteiger partial charge in [0.05, 0.1) is 16.7 Å². The van der Waals surface area contributed by atoms with Crippen molar-refractivity contribution < 1.29 is 0 Å². The molecule has 0 fully saturated rings. The van der Waals surface area contributed by atoms with Gasteiger partial charge in [0, 0.05) is 50.3 Å². The predicted molar refractivity (Wildman–Crippen MR) is 337 cm³/mol. The molecule has 0 spiro atoms. The smallest absolute Gasteiger partial charge is 0.0568 e. The van der Waals surface area contributed by atoms with Gasteiger partial charge in [0.15, 0.2) is 0 Å². The van der Waals surface area contributed by atoms with E-state index in [4.69, 9.17) is 0 Å². The minimum Gasteiger partial charge on any atom is -0.310 e. The number of aryl methyl sites for hydroxylation is 2. The number of hydrogen-bond acceptors (Lipinski definition) is 2. The Morgan fingerprint density at radius 3 is 1.06 bits per heavy atom. The number of hydrogen-bond donors (Lipinski definition) is 0. The molecule has 13 rings (SSSR count). The van der Waals surface area contributed by atoms with Crippen LogP contribution in [0.25, 0.3) is 82.8 Å². The average Bonchev–Trinajstić information content (AvgIpc) is 4.06. The number of para-hydroxylation sites is 1. The molecule has 3 nitrogen and oxygen atoms in total. The predicted octanol–water partition coefficient (Wildman–Crippen LogP) is 21.4. The van der Waals surface area contributed by atoms with Crippen molar-refractivity contribution in [3.8, 4) is 50.2 Å². The summed E-state index contributed by atoms with van der Waals surface area (Å²) in [5.74, 6) is 0. The van der Waals surface area contributed by atoms with E-state index in [2.05, 4.69) is 313 Å². The Bertz CT molecular complexity index is 4190. The number of anilines is 6. The highest BCUT2D eigenvalue weighted by Crippen LogP contribution is 2.48. The monoisotopic (exact) mass is 1020 g/mol. The van der Waals surface area contributed by atoms with Gasteiger partial charge in [0.2, 0.25) is 0 Å². The summed E-state index contributed by atoms with van der Waals surface area (Å²) in [4.78, 5) is 4.86. The molecule has 1 aromatic heterocycles. The van der Waals surface area contributed by atoms with Gasteiger partial charge in [-0.2, -0.15) is 0 Å². The maximum atomic E-state index is 2.48. The number of rotatable bonds is 15. The van der Waals surface area contributed by atoms with E-state index in [1.807, 2.05) is 0 Å². The zero-order valence-electron chi connectivity index (χ0n) is 44.8. The molecule has 0 aliphatic rings. The molecule has 3 heteroatoms. The Hall–Kier alpha value is -9.70. The van der Waals surface area contributed by atoms with Crippen LogP contribution in [0, 0.1) is 0 Å². The van der Waals surface area contributed by atoms with Crippen molar-refractivity contribution in [3.05, 3.63) is 296 Å². The fourth-order valence-electron chi connectivity index (χ4n) is 11.7. The molecule has 79 heavy (non-hydrogen) atoms. The zero-order valence-corrected chi connectivity index (χ0v) is 44.8. The summed E-state index contributed by atoms with van der Waals surface area (Å²) in [5, 5.41) is 4.79. The van der Waals surface area contributed by atoms with Gasteiger partial charge in [0.1, 0.15) is 0 Å². The molecular weight excluding hydrogens is 955 g/mol. The Balaban J connectivity index is 0.997. The van der Waals surface area contributed by atoms with Crippen LogP contribution in [0.2, 0.25) is 0 Å². The third-order valence-electron chi connectivity index (χ3n) is 15.6. The van der Waals surface area contributed by atoms with E-state index in [9.17, 15) is 0 Å². The van der Waals surface area contributed by atoms with E-state index in [0.717, 1.165) is 76.5 Å². The number of aromatic nitrogens is 1. The molecule has 0 amide bonds. The highest BCUT2D eigenvalue weighted by Gasteiger charge is 2.24. The van der Waals surface area contributed by atoms with Gasteiger partial charge in [0.25, 0.3) is 0 Å². The molecule has 0 saturated carbocycles. The molecule has 0 radical (unpaired) electrons. The zero-order chi connectivity index (χ0) is 53.1. The summed E-state index contributed by atoms with van der Waals surface area (Å²) < 4.78 is 2.48. The second kappa shape index (κ2) is 21.7. The highest BCUT2D eigenvalue weighted by molar-refractivity contribution is 6.25. The van der Waals surface area contributed by atoms with Crippen LogP contribution in [-0.2, 0) is 12.8 Å². The van der Waals surface area contributed by atoms with Gasteiger partial charge >= 0.3 is 0 Å². The van der Waals surface area contributed by atoms with Crippen molar-refractivity contribution >= 4 is 66.7 Å². The van der Waals surface area contributed by atoms with Crippen molar-refractivity contribution in [1.29, 1.82) is 0 Å². The van der Waals surface area contributed by atoms with E-state index >= 15 is 0 Å². The van der Waals surface area contributed by atoms with Gasteiger partial charge in [-0.15, -0.1) is 0 Å². The Morgan fingerprint density at radius 1 is 0.278 bits per heavy atom. The SMILES string of the molecule is CCCc1ccc(-c2ccc(N(c3ccc(-c4ccccc4)cc3)c3ccc4c5c6ccccc6c(N(c6ccc(-c7ccccc7)cc6)c6ccc(-c7ccc(CCC)cc7)cc6)cc5n(-c5ccccc5)c4c3)cc2)cc1. The van der Waals surface area contributed by atoms with Crippen molar-refractivity contribution in [3.63, 3.8) is 0 Å². The summed E-state index contributed by atoms with van der Waals surface area (Å²) in [6.07, 6.45) is 4.46. The Labute approximate surface area is 464 Å². The van der Waals surface area contributed by atoms with E-state index in [1.165, 1.54) is 77.2 Å². The van der Waals surface area contributed by atoms with Gasteiger partial charge in [-0.05, 0) is 153 Å². The Morgan fingerprint density at radius 2 is 0.633 bits per heavy atom. The van der Waals surface area contributed by atoms with Gasteiger partial charge in [-0.1, -0.05) is 233 Å². The maximum absolute atomic E-state index is 2.48. The third kappa shape index (κ3) is 9.66. The second-order valence-electron chi connectivity index (χ2n) is 20.7. The fraction of sp³-hybridized carbons (Fsp3) is 0.0789. The molecule has 380 valence electrons. The van der Waals surface area contributed by atoms with Crippen LogP contribution in [0.15, 0.2) is 285 Å². The normalized spacial score (nSPS) is 11.4. The summed E-state index contributed by atoms with van der Waals surface area (Å²) in [5.41, 5.74) is 22.2. The van der Waals surface area contributed by atoms with Crippen molar-refractivity contribution in [2.24, 2.45) is 0 Å². The van der Waals surface area contributed by atoms with Crippen LogP contribution in [-0.4, -0.2) is 4.57 Å². The lowest BCUT2D eigenvalue weighted by atomic mass is 9.99. The molecule has 13 aromatic rings. The Kier molecular flexibility index (Phi) is 13.5. The van der Waals surface area contributed by atoms with Crippen LogP contribution in [0.4, 0.5) is 34.1 Å². The van der Waals surface area contributed by atoms with Gasteiger partial charge in [-0.25, -0.2) is 0 Å². The van der Waals surface area contributed by atoms with E-state index < -0.39 is 0 Å². The third-order valence-corrected chi connectivity index (χ3v) is 15.6. The first-order valence-corrected chi connectivity index (χ1v) is 27.9. The molecule has 0 bridgehead atoms. The molecule has 1 heterocycles. The lowest BCUT2D eigenvalue weighted by Gasteiger charge is -2.28. The largest absolute Gasteiger partial charge is 0.310 e. The molecule has 0 N–H and O–H groups in total. The van der Waals surface area contributed by atoms with Gasteiger partial charge < -0.3 is 14.4 Å². The molecule has 0 unspecified atom stereocenters. The summed E-state index contributed by atoms with van der Waals surface area (Å²) in [6, 6.07) is 105. The van der Waals surface area contributed by atoms with Crippen LogP contribution in [0.5, 0.6) is 0 Å². The standard InChI is InChI=1S/C76H61N3/c1-3-16-54-26-30-58(31-27-54)62-36-44-66(45-37-62)77(65-42-34-60(35-43-65)56-18-8-5-9-19-56)69-50-51-72-73(52-69)79(64-22-12-7-13-23-64)75-53-74(70-24-14-15-25-71(70)76(72)75)78(67-46-38-61(39-47-67)57-20-10-6-11-21-57)68-48-40-63(41-49-68)59-32-28-55(17-4-2)29-33-59/h5-15,18-53H,3-4,16-17H2,1-2H3. The quantitative estimate of drug-likeness (QED) is 0.101. The molecular formula is C76H61N3. The number of benzene rings is 12. The highest BCUT2D eigenvalue weighted by atomic mass is 15.2. The van der Waals surface area contributed by atoms with Gasteiger partial charge in [-0.3, -0.25) is 0 Å². The van der Waals surface area contributed by atoms with Crippen LogP contribution < -0.4 is 9.80 Å². The summed E-state index contributed by atoms with van der Waals surface area (Å²) in [7, 11) is 0. The first kappa shape index (κ1) is 48.9. The maximum Gasteiger partial charge on any atom is 0.0568 e. The van der Waals surface area contributed by atoms with Crippen LogP contribution >= 0.6 is 0 Å². The minimum atomic E-state index is 1.07. The van der Waals surface area contributed by atoms with Crippen LogP contribution in [0.1, 0.15) is 37.8 Å².